The van der Waals surface area contributed by atoms with Crippen molar-refractivity contribution in [3.8, 4) is 0 Å². The number of nitrogens with two attached hydrogens (primary N) is 1. The third-order valence-corrected chi connectivity index (χ3v) is 4.96. The largest absolute Gasteiger partial charge is 0.480 e. The Labute approximate surface area is 164 Å². The van der Waals surface area contributed by atoms with E-state index in [2.05, 4.69) is 5.32 Å². The van der Waals surface area contributed by atoms with E-state index in [1.165, 1.54) is 0 Å². The predicted molar refractivity (Wildman–Crippen MR) is 104 cm³/mol. The van der Waals surface area contributed by atoms with Crippen LogP contribution in [0.4, 0.5) is 0 Å². The second-order valence-electron chi connectivity index (χ2n) is 5.64. The SMILES string of the molecule is NC(=O)CCC(NC(=O)CN1C(=O)/C(=C/c2ccccc2)SC1=S)C(=O)O. The van der Waals surface area contributed by atoms with E-state index >= 15 is 0 Å². The highest BCUT2D eigenvalue weighted by Gasteiger charge is 2.34. The van der Waals surface area contributed by atoms with Crippen molar-refractivity contribution in [2.75, 3.05) is 6.54 Å². The van der Waals surface area contributed by atoms with Crippen molar-refractivity contribution in [2.45, 2.75) is 18.9 Å². The van der Waals surface area contributed by atoms with Gasteiger partial charge in [-0.3, -0.25) is 19.3 Å². The predicted octanol–water partition coefficient (Wildman–Crippen LogP) is 0.723. The minimum absolute atomic E-state index is 0.136. The third kappa shape index (κ3) is 5.90. The maximum Gasteiger partial charge on any atom is 0.326 e. The minimum atomic E-state index is -1.29. The van der Waals surface area contributed by atoms with Crippen molar-refractivity contribution < 1.29 is 24.3 Å². The number of rotatable bonds is 8. The highest BCUT2D eigenvalue weighted by molar-refractivity contribution is 8.26. The van der Waals surface area contributed by atoms with Crippen molar-refractivity contribution in [1.29, 1.82) is 0 Å². The number of carbonyl (C=O) groups excluding carboxylic acids is 3. The second-order valence-corrected chi connectivity index (χ2v) is 7.32. The van der Waals surface area contributed by atoms with Gasteiger partial charge in [0.05, 0.1) is 4.91 Å². The van der Waals surface area contributed by atoms with Crippen LogP contribution in [0.25, 0.3) is 6.08 Å². The summed E-state index contributed by atoms with van der Waals surface area (Å²) in [6, 6.07) is 7.90. The fourth-order valence-corrected chi connectivity index (χ4v) is 3.52. The van der Waals surface area contributed by atoms with E-state index in [0.29, 0.717) is 4.91 Å². The van der Waals surface area contributed by atoms with Gasteiger partial charge in [0.2, 0.25) is 11.8 Å². The van der Waals surface area contributed by atoms with Crippen LogP contribution in [0, 0.1) is 0 Å². The van der Waals surface area contributed by atoms with Gasteiger partial charge in [0.1, 0.15) is 16.9 Å². The van der Waals surface area contributed by atoms with Crippen molar-refractivity contribution in [3.63, 3.8) is 0 Å². The maximum atomic E-state index is 12.5. The molecule has 27 heavy (non-hydrogen) atoms. The zero-order valence-corrected chi connectivity index (χ0v) is 15.7. The maximum absolute atomic E-state index is 12.5. The van der Waals surface area contributed by atoms with Crippen LogP contribution in [0.15, 0.2) is 35.2 Å². The average Bonchev–Trinajstić information content (AvgIpc) is 2.86. The molecule has 1 aliphatic heterocycles. The van der Waals surface area contributed by atoms with Gasteiger partial charge in [0.15, 0.2) is 0 Å². The van der Waals surface area contributed by atoms with Crippen LogP contribution in [0.3, 0.4) is 0 Å². The molecule has 1 atom stereocenters. The second kappa shape index (κ2) is 9.28. The monoisotopic (exact) mass is 407 g/mol. The summed E-state index contributed by atoms with van der Waals surface area (Å²) in [6.07, 6.45) is 1.35. The first-order valence-corrected chi connectivity index (χ1v) is 9.11. The number of hydrogen-bond acceptors (Lipinski definition) is 6. The summed E-state index contributed by atoms with van der Waals surface area (Å²) in [5, 5.41) is 11.4. The zero-order chi connectivity index (χ0) is 20.0. The lowest BCUT2D eigenvalue weighted by Crippen LogP contribution is -2.46. The van der Waals surface area contributed by atoms with Crippen LogP contribution in [-0.4, -0.2) is 50.6 Å². The fourth-order valence-electron chi connectivity index (χ4n) is 2.26. The minimum Gasteiger partial charge on any atom is -0.480 e. The Morgan fingerprint density at radius 3 is 2.56 bits per heavy atom. The van der Waals surface area contributed by atoms with Crippen molar-refractivity contribution in [1.82, 2.24) is 10.2 Å². The topological polar surface area (TPSA) is 130 Å². The van der Waals surface area contributed by atoms with Gasteiger partial charge < -0.3 is 16.2 Å². The van der Waals surface area contributed by atoms with Crippen LogP contribution in [-0.2, 0) is 19.2 Å². The average molecular weight is 407 g/mol. The number of benzene rings is 1. The van der Waals surface area contributed by atoms with Crippen LogP contribution >= 0.6 is 24.0 Å². The smallest absolute Gasteiger partial charge is 0.326 e. The van der Waals surface area contributed by atoms with Crippen molar-refractivity contribution in [3.05, 3.63) is 40.8 Å². The molecular weight excluding hydrogens is 390 g/mol. The normalized spacial score (nSPS) is 16.4. The highest BCUT2D eigenvalue weighted by atomic mass is 32.2. The number of carboxylic acid groups (broad SMARTS) is 1. The molecular formula is C17H17N3O5S2. The van der Waals surface area contributed by atoms with Crippen LogP contribution < -0.4 is 11.1 Å². The molecule has 0 radical (unpaired) electrons. The Kier molecular flexibility index (Phi) is 7.08. The number of amides is 3. The molecule has 1 aromatic rings. The van der Waals surface area contributed by atoms with E-state index in [9.17, 15) is 19.2 Å². The fraction of sp³-hybridized carbons (Fsp3) is 0.235. The summed E-state index contributed by atoms with van der Waals surface area (Å²) in [5.41, 5.74) is 5.81. The van der Waals surface area contributed by atoms with Gasteiger partial charge >= 0.3 is 5.97 Å². The van der Waals surface area contributed by atoms with Crippen LogP contribution in [0.5, 0.6) is 0 Å². The van der Waals surface area contributed by atoms with E-state index in [4.69, 9.17) is 23.1 Å². The molecule has 1 aromatic carbocycles. The van der Waals surface area contributed by atoms with E-state index in [1.807, 2.05) is 30.3 Å². The number of aliphatic carboxylic acids is 1. The molecule has 0 spiro atoms. The van der Waals surface area contributed by atoms with Gasteiger partial charge in [-0.2, -0.15) is 0 Å². The highest BCUT2D eigenvalue weighted by Crippen LogP contribution is 2.32. The van der Waals surface area contributed by atoms with E-state index in [1.54, 1.807) is 6.08 Å². The Morgan fingerprint density at radius 1 is 1.30 bits per heavy atom. The Bertz CT molecular complexity index is 810. The molecule has 10 heteroatoms. The van der Waals surface area contributed by atoms with E-state index in [0.717, 1.165) is 22.2 Å². The van der Waals surface area contributed by atoms with Crippen molar-refractivity contribution >= 4 is 58.1 Å². The molecule has 1 fully saturated rings. The number of hydrogen-bond donors (Lipinski definition) is 3. The summed E-state index contributed by atoms with van der Waals surface area (Å²) in [6.45, 7) is -0.406. The van der Waals surface area contributed by atoms with Gasteiger partial charge in [0.25, 0.3) is 5.91 Å². The van der Waals surface area contributed by atoms with Gasteiger partial charge in [-0.05, 0) is 18.1 Å². The lowest BCUT2D eigenvalue weighted by Gasteiger charge is -2.17. The lowest BCUT2D eigenvalue weighted by atomic mass is 10.1. The molecule has 142 valence electrons. The molecule has 0 aliphatic carbocycles. The van der Waals surface area contributed by atoms with Gasteiger partial charge in [-0.15, -0.1) is 0 Å². The molecule has 8 nitrogen and oxygen atoms in total. The standard InChI is InChI=1S/C17H17N3O5S2/c18-13(21)7-6-11(16(24)25)19-14(22)9-20-15(23)12(27-17(20)26)8-10-4-2-1-3-5-10/h1-5,8,11H,6-7,9H2,(H2,18,21)(H,19,22)(H,24,25)/b12-8-. The van der Waals surface area contributed by atoms with E-state index in [-0.39, 0.29) is 17.2 Å². The number of thiocarbonyl (C=S) groups is 1. The summed E-state index contributed by atoms with van der Waals surface area (Å²) < 4.78 is 0.210. The van der Waals surface area contributed by atoms with E-state index < -0.39 is 36.3 Å². The first kappa shape index (κ1) is 20.6. The molecule has 1 aliphatic rings. The summed E-state index contributed by atoms with van der Waals surface area (Å²) in [4.78, 5) is 48.1. The first-order chi connectivity index (χ1) is 12.8. The Morgan fingerprint density at radius 2 is 1.96 bits per heavy atom. The quantitative estimate of drug-likeness (QED) is 0.428. The van der Waals surface area contributed by atoms with Gasteiger partial charge in [-0.25, -0.2) is 4.79 Å². The summed E-state index contributed by atoms with van der Waals surface area (Å²) in [7, 11) is 0. The zero-order valence-electron chi connectivity index (χ0n) is 14.1. The van der Waals surface area contributed by atoms with Gasteiger partial charge in [0, 0.05) is 6.42 Å². The van der Waals surface area contributed by atoms with Crippen molar-refractivity contribution in [2.24, 2.45) is 5.73 Å². The Hall–Kier alpha value is -2.72. The molecule has 2 rings (SSSR count). The first-order valence-electron chi connectivity index (χ1n) is 7.89. The van der Waals surface area contributed by atoms with Crippen LogP contribution in [0.2, 0.25) is 0 Å². The molecule has 4 N–H and O–H groups in total. The molecule has 0 bridgehead atoms. The summed E-state index contributed by atoms with van der Waals surface area (Å²) >= 11 is 6.22. The number of primary amides is 1. The molecule has 1 unspecified atom stereocenters. The molecule has 0 aromatic heterocycles. The lowest BCUT2D eigenvalue weighted by molar-refractivity contribution is -0.142. The number of carboxylic acids is 1. The number of nitrogens with zero attached hydrogens (tertiary/aromatic N) is 1. The number of nitrogens with one attached hydrogen (secondary N) is 1. The molecule has 0 saturated carbocycles. The van der Waals surface area contributed by atoms with Gasteiger partial charge in [-0.1, -0.05) is 54.3 Å². The molecule has 1 saturated heterocycles. The molecule has 1 heterocycles. The molecule has 3 amide bonds. The van der Waals surface area contributed by atoms with Crippen LogP contribution in [0.1, 0.15) is 18.4 Å². The Balaban J connectivity index is 2.01. The number of carbonyl (C=O) groups is 4. The number of thioether (sulfide) groups is 1. The summed E-state index contributed by atoms with van der Waals surface area (Å²) in [5.74, 6) is -3.07. The third-order valence-electron chi connectivity index (χ3n) is 3.59.